The van der Waals surface area contributed by atoms with Gasteiger partial charge in [-0.3, -0.25) is 14.4 Å². The van der Waals surface area contributed by atoms with Crippen LogP contribution in [0.2, 0.25) is 0 Å². The highest BCUT2D eigenvalue weighted by atomic mass is 16.5. The number of imidazole rings is 1. The lowest BCUT2D eigenvalue weighted by Gasteiger charge is -2.15. The fourth-order valence-electron chi connectivity index (χ4n) is 3.88. The smallest absolute Gasteiger partial charge is 0.240 e. The van der Waals surface area contributed by atoms with Gasteiger partial charge in [-0.25, -0.2) is 14.5 Å². The van der Waals surface area contributed by atoms with Crippen LogP contribution in [0.15, 0.2) is 67.0 Å². The van der Waals surface area contributed by atoms with Crippen molar-refractivity contribution >= 4 is 40.6 Å². The van der Waals surface area contributed by atoms with Crippen molar-refractivity contribution in [1.82, 2.24) is 19.6 Å². The Labute approximate surface area is 211 Å². The third kappa shape index (κ3) is 4.83. The summed E-state index contributed by atoms with van der Waals surface area (Å²) in [5, 5.41) is 12.7. The van der Waals surface area contributed by atoms with Crippen LogP contribution in [0.5, 0.6) is 11.8 Å². The normalized spacial score (nSPS) is 15.6. The standard InChI is InChI=1S/C26H23N7O4/c34-23(16-6-7-16)31-19-15-33-20(30-19)9-11-22(32-33)37-21-10-8-18(14-27-21)29-25(36)26(12-13-26)24(35)28-17-4-2-1-3-5-17/h1-5,8-11,14-16H,6-7,12-13H2,(H,28,35)(H,29,36)(H,31,34). The molecule has 0 aliphatic heterocycles. The van der Waals surface area contributed by atoms with Crippen LogP contribution < -0.4 is 20.7 Å². The molecule has 1 aromatic carbocycles. The average molecular weight is 498 g/mol. The van der Waals surface area contributed by atoms with Crippen LogP contribution in [-0.2, 0) is 14.4 Å². The van der Waals surface area contributed by atoms with Crippen LogP contribution in [0.4, 0.5) is 17.2 Å². The minimum Gasteiger partial charge on any atom is -0.419 e. The first-order chi connectivity index (χ1) is 18.0. The topological polar surface area (TPSA) is 140 Å². The molecule has 2 aliphatic rings. The average Bonchev–Trinajstić information content (AvgIpc) is 3.82. The van der Waals surface area contributed by atoms with E-state index in [0.29, 0.717) is 35.7 Å². The Morgan fingerprint density at radius 2 is 1.59 bits per heavy atom. The van der Waals surface area contributed by atoms with Gasteiger partial charge in [0.1, 0.15) is 5.41 Å². The van der Waals surface area contributed by atoms with E-state index in [9.17, 15) is 14.4 Å². The van der Waals surface area contributed by atoms with E-state index < -0.39 is 5.41 Å². The number of pyridine rings is 1. The maximum atomic E-state index is 12.9. The highest BCUT2D eigenvalue weighted by Crippen LogP contribution is 2.47. The number of aromatic nitrogens is 4. The molecule has 4 aromatic rings. The van der Waals surface area contributed by atoms with Crippen molar-refractivity contribution in [3.05, 3.63) is 67.0 Å². The van der Waals surface area contributed by atoms with Gasteiger partial charge in [-0.1, -0.05) is 18.2 Å². The molecule has 0 saturated heterocycles. The molecule has 6 rings (SSSR count). The van der Waals surface area contributed by atoms with Crippen molar-refractivity contribution in [3.8, 4) is 11.8 Å². The molecule has 2 aliphatic carbocycles. The number of amides is 3. The Balaban J connectivity index is 1.07. The van der Waals surface area contributed by atoms with Gasteiger partial charge in [0.15, 0.2) is 11.5 Å². The summed E-state index contributed by atoms with van der Waals surface area (Å²) < 4.78 is 7.25. The fraction of sp³-hybridized carbons (Fsp3) is 0.231. The lowest BCUT2D eigenvalue weighted by molar-refractivity contribution is -0.131. The third-order valence-corrected chi connectivity index (χ3v) is 6.35. The number of carbonyl (C=O) groups excluding carboxylic acids is 3. The van der Waals surface area contributed by atoms with Crippen LogP contribution in [0, 0.1) is 11.3 Å². The second kappa shape index (κ2) is 9.01. The van der Waals surface area contributed by atoms with Crippen molar-refractivity contribution in [2.45, 2.75) is 25.7 Å². The second-order valence-electron chi connectivity index (χ2n) is 9.21. The van der Waals surface area contributed by atoms with Gasteiger partial charge in [0.05, 0.1) is 18.1 Å². The summed E-state index contributed by atoms with van der Waals surface area (Å²) in [6.07, 6.45) is 5.88. The number of carbonyl (C=O) groups is 3. The van der Waals surface area contributed by atoms with Crippen LogP contribution in [-0.4, -0.2) is 37.3 Å². The first-order valence-corrected chi connectivity index (χ1v) is 12.0. The molecule has 2 fully saturated rings. The van der Waals surface area contributed by atoms with Crippen LogP contribution in [0.25, 0.3) is 5.65 Å². The van der Waals surface area contributed by atoms with Gasteiger partial charge in [-0.05, 0) is 49.9 Å². The van der Waals surface area contributed by atoms with E-state index in [1.165, 1.54) is 10.7 Å². The summed E-state index contributed by atoms with van der Waals surface area (Å²) >= 11 is 0. The summed E-state index contributed by atoms with van der Waals surface area (Å²) in [6.45, 7) is 0. The third-order valence-electron chi connectivity index (χ3n) is 6.35. The van der Waals surface area contributed by atoms with E-state index in [4.69, 9.17) is 4.74 Å². The number of anilines is 3. The molecule has 3 amide bonds. The molecular weight excluding hydrogens is 474 g/mol. The van der Waals surface area contributed by atoms with Gasteiger partial charge in [0.2, 0.25) is 29.5 Å². The van der Waals surface area contributed by atoms with Crippen LogP contribution >= 0.6 is 0 Å². The predicted molar refractivity (Wildman–Crippen MR) is 134 cm³/mol. The van der Waals surface area contributed by atoms with Crippen LogP contribution in [0.3, 0.4) is 0 Å². The number of fused-ring (bicyclic) bond motifs is 1. The number of hydrogen-bond acceptors (Lipinski definition) is 7. The Kier molecular flexibility index (Phi) is 5.52. The van der Waals surface area contributed by atoms with E-state index in [1.807, 2.05) is 18.2 Å². The largest absolute Gasteiger partial charge is 0.419 e. The van der Waals surface area contributed by atoms with Gasteiger partial charge >= 0.3 is 0 Å². The highest BCUT2D eigenvalue weighted by molar-refractivity contribution is 6.16. The second-order valence-corrected chi connectivity index (χ2v) is 9.21. The first kappa shape index (κ1) is 22.7. The molecule has 186 valence electrons. The molecule has 3 N–H and O–H groups in total. The van der Waals surface area contributed by atoms with Gasteiger partial charge < -0.3 is 20.7 Å². The maximum Gasteiger partial charge on any atom is 0.240 e. The summed E-state index contributed by atoms with van der Waals surface area (Å²) in [5.41, 5.74) is 0.586. The summed E-state index contributed by atoms with van der Waals surface area (Å²) in [5.74, 6) is 0.357. The zero-order valence-electron chi connectivity index (χ0n) is 19.7. The van der Waals surface area contributed by atoms with Crippen molar-refractivity contribution in [2.24, 2.45) is 11.3 Å². The number of ether oxygens (including phenoxy) is 1. The number of rotatable bonds is 8. The molecule has 0 radical (unpaired) electrons. The van der Waals surface area contributed by atoms with Crippen molar-refractivity contribution in [2.75, 3.05) is 16.0 Å². The van der Waals surface area contributed by atoms with E-state index in [2.05, 4.69) is 31.0 Å². The Bertz CT molecular complexity index is 1490. The molecule has 3 aromatic heterocycles. The molecule has 11 heteroatoms. The van der Waals surface area contributed by atoms with Gasteiger partial charge in [-0.15, -0.1) is 5.10 Å². The highest BCUT2D eigenvalue weighted by Gasteiger charge is 2.56. The lowest BCUT2D eigenvalue weighted by Crippen LogP contribution is -2.35. The monoisotopic (exact) mass is 497 g/mol. The number of nitrogens with zero attached hydrogens (tertiary/aromatic N) is 4. The van der Waals surface area contributed by atoms with E-state index in [0.717, 1.165) is 12.8 Å². The van der Waals surface area contributed by atoms with Crippen molar-refractivity contribution in [1.29, 1.82) is 0 Å². The maximum absolute atomic E-state index is 12.9. The zero-order valence-corrected chi connectivity index (χ0v) is 19.7. The van der Waals surface area contributed by atoms with Crippen molar-refractivity contribution < 1.29 is 19.1 Å². The molecule has 3 heterocycles. The number of para-hydroxylation sites is 1. The minimum absolute atomic E-state index is 0.0271. The quantitative estimate of drug-likeness (QED) is 0.316. The molecule has 2 saturated carbocycles. The Morgan fingerprint density at radius 1 is 0.865 bits per heavy atom. The zero-order chi connectivity index (χ0) is 25.4. The van der Waals surface area contributed by atoms with E-state index in [-0.39, 0.29) is 35.4 Å². The van der Waals surface area contributed by atoms with Gasteiger partial charge in [-0.2, -0.15) is 0 Å². The SMILES string of the molecule is O=C(Nc1cn2nc(Oc3ccc(NC(=O)C4(C(=O)Nc5ccccc5)CC4)cn3)ccc2n1)C1CC1. The molecule has 0 atom stereocenters. The number of nitrogens with one attached hydrogen (secondary N) is 3. The minimum atomic E-state index is -1.08. The lowest BCUT2D eigenvalue weighted by atomic mass is 10.0. The summed E-state index contributed by atoms with van der Waals surface area (Å²) in [6, 6.07) is 15.7. The van der Waals surface area contributed by atoms with Gasteiger partial charge in [0.25, 0.3) is 0 Å². The van der Waals surface area contributed by atoms with Gasteiger partial charge in [0, 0.05) is 23.7 Å². The molecule has 11 nitrogen and oxygen atoms in total. The molecule has 0 spiro atoms. The van der Waals surface area contributed by atoms with Crippen LogP contribution in [0.1, 0.15) is 25.7 Å². The van der Waals surface area contributed by atoms with E-state index >= 15 is 0 Å². The molecule has 0 unspecified atom stereocenters. The van der Waals surface area contributed by atoms with E-state index in [1.54, 1.807) is 42.6 Å². The number of hydrogen-bond donors (Lipinski definition) is 3. The van der Waals surface area contributed by atoms with Crippen molar-refractivity contribution in [3.63, 3.8) is 0 Å². The predicted octanol–water partition coefficient (Wildman–Crippen LogP) is 3.62. The first-order valence-electron chi connectivity index (χ1n) is 12.0. The molecular formula is C26H23N7O4. The fourth-order valence-corrected chi connectivity index (χ4v) is 3.88. The Hall–Kier alpha value is -4.80. The molecule has 0 bridgehead atoms. The number of benzene rings is 1. The summed E-state index contributed by atoms with van der Waals surface area (Å²) in [4.78, 5) is 46.1. The molecule has 37 heavy (non-hydrogen) atoms. The summed E-state index contributed by atoms with van der Waals surface area (Å²) in [7, 11) is 0. The Morgan fingerprint density at radius 3 is 2.27 bits per heavy atom.